The predicted octanol–water partition coefficient (Wildman–Crippen LogP) is 5.86. The van der Waals surface area contributed by atoms with Crippen molar-refractivity contribution in [3.63, 3.8) is 0 Å². The first-order chi connectivity index (χ1) is 9.76. The highest BCUT2D eigenvalue weighted by atomic mass is 79.9. The van der Waals surface area contributed by atoms with Crippen molar-refractivity contribution in [2.24, 2.45) is 5.92 Å². The summed E-state index contributed by atoms with van der Waals surface area (Å²) in [7, 11) is 0. The third-order valence-electron chi connectivity index (χ3n) is 3.49. The van der Waals surface area contributed by atoms with Crippen LogP contribution in [0.2, 0.25) is 0 Å². The quantitative estimate of drug-likeness (QED) is 0.202. The minimum absolute atomic E-state index is 0.0217. The lowest BCUT2D eigenvalue weighted by atomic mass is 9.94. The molecule has 0 aromatic rings. The van der Waals surface area contributed by atoms with Crippen LogP contribution in [0.3, 0.4) is 0 Å². The van der Waals surface area contributed by atoms with E-state index < -0.39 is 0 Å². The molecule has 0 aliphatic carbocycles. The Balaban J connectivity index is 3.85. The second kappa shape index (κ2) is 15.8. The summed E-state index contributed by atoms with van der Waals surface area (Å²) < 4.78 is 5.21. The Kier molecular flexibility index (Phi) is 16.2. The fraction of sp³-hybridized carbons (Fsp3) is 0.938. The number of ether oxygens (including phenoxy) is 1. The molecule has 20 heavy (non-hydrogen) atoms. The van der Waals surface area contributed by atoms with Crippen LogP contribution >= 0.6 is 31.9 Å². The van der Waals surface area contributed by atoms with Crippen LogP contribution in [0, 0.1) is 5.92 Å². The first kappa shape index (κ1) is 20.4. The summed E-state index contributed by atoms with van der Waals surface area (Å²) in [6.45, 7) is 2.39. The zero-order chi connectivity index (χ0) is 15.1. The first-order valence-electron chi connectivity index (χ1n) is 8.04. The second-order valence-electron chi connectivity index (χ2n) is 5.23. The van der Waals surface area contributed by atoms with E-state index in [9.17, 15) is 4.79 Å². The van der Waals surface area contributed by atoms with Gasteiger partial charge in [-0.2, -0.15) is 0 Å². The van der Waals surface area contributed by atoms with Crippen molar-refractivity contribution >= 4 is 37.8 Å². The molecule has 0 N–H and O–H groups in total. The highest BCUT2D eigenvalue weighted by Crippen LogP contribution is 2.20. The Morgan fingerprint density at radius 2 is 1.30 bits per heavy atom. The van der Waals surface area contributed by atoms with Crippen molar-refractivity contribution in [1.29, 1.82) is 0 Å². The van der Waals surface area contributed by atoms with E-state index in [1.165, 1.54) is 38.5 Å². The molecule has 0 saturated heterocycles. The Morgan fingerprint density at radius 1 is 0.850 bits per heavy atom. The highest BCUT2D eigenvalue weighted by molar-refractivity contribution is 9.09. The first-order valence-corrected chi connectivity index (χ1v) is 10.3. The molecule has 0 atom stereocenters. The van der Waals surface area contributed by atoms with Gasteiger partial charge in [-0.05, 0) is 32.6 Å². The number of hydrogen-bond donors (Lipinski definition) is 0. The molecular formula is C16H30Br2O2. The molecule has 0 bridgehead atoms. The van der Waals surface area contributed by atoms with Gasteiger partial charge in [-0.3, -0.25) is 4.79 Å². The minimum atomic E-state index is 0.0217. The van der Waals surface area contributed by atoms with Gasteiger partial charge in [0.2, 0.25) is 0 Å². The van der Waals surface area contributed by atoms with Crippen molar-refractivity contribution in [3.8, 4) is 0 Å². The van der Waals surface area contributed by atoms with Gasteiger partial charge in [0.15, 0.2) is 0 Å². The molecule has 0 fully saturated rings. The predicted molar refractivity (Wildman–Crippen MR) is 93.9 cm³/mol. The number of esters is 1. The highest BCUT2D eigenvalue weighted by Gasteiger charge is 2.18. The molecule has 120 valence electrons. The fourth-order valence-electron chi connectivity index (χ4n) is 2.32. The third kappa shape index (κ3) is 12.2. The maximum absolute atomic E-state index is 11.9. The molecule has 0 spiro atoms. The molecule has 0 aromatic heterocycles. The van der Waals surface area contributed by atoms with Crippen molar-refractivity contribution in [3.05, 3.63) is 0 Å². The van der Waals surface area contributed by atoms with E-state index in [0.717, 1.165) is 36.3 Å². The van der Waals surface area contributed by atoms with Crippen LogP contribution in [0.5, 0.6) is 0 Å². The summed E-state index contributed by atoms with van der Waals surface area (Å²) in [4.78, 5) is 11.9. The molecule has 0 rings (SSSR count). The van der Waals surface area contributed by atoms with E-state index in [0.29, 0.717) is 6.61 Å². The van der Waals surface area contributed by atoms with Crippen LogP contribution < -0.4 is 0 Å². The normalized spacial score (nSPS) is 11.0. The van der Waals surface area contributed by atoms with E-state index in [-0.39, 0.29) is 11.9 Å². The number of carbonyl (C=O) groups excluding carboxylic acids is 1. The average Bonchev–Trinajstić information content (AvgIpc) is 2.44. The van der Waals surface area contributed by atoms with Crippen molar-refractivity contribution in [2.45, 2.75) is 71.1 Å². The number of carbonyl (C=O) groups is 1. The van der Waals surface area contributed by atoms with Crippen LogP contribution in [0.4, 0.5) is 0 Å². The molecule has 0 unspecified atom stereocenters. The zero-order valence-corrected chi connectivity index (χ0v) is 16.0. The van der Waals surface area contributed by atoms with Gasteiger partial charge in [0.05, 0.1) is 12.5 Å². The van der Waals surface area contributed by atoms with Gasteiger partial charge in [0.1, 0.15) is 0 Å². The molecule has 0 radical (unpaired) electrons. The summed E-state index contributed by atoms with van der Waals surface area (Å²) in [5.74, 6) is 0.149. The SMILES string of the molecule is CCOC(=O)C(CCCCCCBr)CCCCCCBr. The van der Waals surface area contributed by atoms with E-state index in [1.807, 2.05) is 6.92 Å². The van der Waals surface area contributed by atoms with E-state index >= 15 is 0 Å². The van der Waals surface area contributed by atoms with Gasteiger partial charge in [-0.25, -0.2) is 0 Å². The lowest BCUT2D eigenvalue weighted by molar-refractivity contribution is -0.148. The maximum atomic E-state index is 11.9. The van der Waals surface area contributed by atoms with Gasteiger partial charge >= 0.3 is 5.97 Å². The number of hydrogen-bond acceptors (Lipinski definition) is 2. The van der Waals surface area contributed by atoms with Gasteiger partial charge in [0, 0.05) is 10.7 Å². The van der Waals surface area contributed by atoms with Crippen molar-refractivity contribution < 1.29 is 9.53 Å². The average molecular weight is 414 g/mol. The standard InChI is InChI=1S/C16H30Br2O2/c1-2-20-16(19)15(11-7-3-5-9-13-17)12-8-4-6-10-14-18/h15H,2-14H2,1H3. The van der Waals surface area contributed by atoms with Crippen LogP contribution in [-0.4, -0.2) is 23.2 Å². The van der Waals surface area contributed by atoms with E-state index in [4.69, 9.17) is 4.74 Å². The molecule has 2 nitrogen and oxygen atoms in total. The molecular weight excluding hydrogens is 384 g/mol. The van der Waals surface area contributed by atoms with Gasteiger partial charge in [-0.15, -0.1) is 0 Å². The van der Waals surface area contributed by atoms with E-state index in [2.05, 4.69) is 31.9 Å². The summed E-state index contributed by atoms with van der Waals surface area (Å²) in [5.41, 5.74) is 0. The van der Waals surface area contributed by atoms with Gasteiger partial charge < -0.3 is 4.74 Å². The zero-order valence-electron chi connectivity index (χ0n) is 12.8. The lowest BCUT2D eigenvalue weighted by Gasteiger charge is -2.15. The summed E-state index contributed by atoms with van der Waals surface area (Å²) in [6.07, 6.45) is 11.7. The number of rotatable bonds is 14. The van der Waals surface area contributed by atoms with E-state index in [1.54, 1.807) is 0 Å². The molecule has 0 amide bonds. The van der Waals surface area contributed by atoms with Crippen LogP contribution in [0.1, 0.15) is 71.1 Å². The monoisotopic (exact) mass is 412 g/mol. The Bertz CT molecular complexity index is 209. The Hall–Kier alpha value is 0.430. The summed E-state index contributed by atoms with van der Waals surface area (Å²) >= 11 is 6.90. The Morgan fingerprint density at radius 3 is 1.70 bits per heavy atom. The number of alkyl halides is 2. The number of unbranched alkanes of at least 4 members (excludes halogenated alkanes) is 6. The summed E-state index contributed by atoms with van der Waals surface area (Å²) in [6, 6.07) is 0. The second-order valence-corrected chi connectivity index (χ2v) is 6.82. The molecule has 0 aliphatic heterocycles. The topological polar surface area (TPSA) is 26.3 Å². The smallest absolute Gasteiger partial charge is 0.308 e. The van der Waals surface area contributed by atoms with Crippen molar-refractivity contribution in [2.75, 3.05) is 17.3 Å². The molecule has 0 heterocycles. The molecule has 0 saturated carbocycles. The fourth-order valence-corrected chi connectivity index (χ4v) is 3.11. The van der Waals surface area contributed by atoms with Crippen LogP contribution in [0.15, 0.2) is 0 Å². The maximum Gasteiger partial charge on any atom is 0.308 e. The largest absolute Gasteiger partial charge is 0.466 e. The summed E-state index contributed by atoms with van der Waals surface area (Å²) in [5, 5.41) is 2.17. The minimum Gasteiger partial charge on any atom is -0.466 e. The van der Waals surface area contributed by atoms with Gasteiger partial charge in [-0.1, -0.05) is 70.4 Å². The third-order valence-corrected chi connectivity index (χ3v) is 4.61. The Labute approximate surface area is 141 Å². The van der Waals surface area contributed by atoms with Crippen LogP contribution in [0.25, 0.3) is 0 Å². The molecule has 4 heteroatoms. The van der Waals surface area contributed by atoms with Gasteiger partial charge in [0.25, 0.3) is 0 Å². The molecule has 0 aromatic carbocycles. The van der Waals surface area contributed by atoms with Crippen LogP contribution in [-0.2, 0) is 9.53 Å². The molecule has 0 aliphatic rings. The van der Waals surface area contributed by atoms with Crippen molar-refractivity contribution in [1.82, 2.24) is 0 Å². The number of halogens is 2. The lowest BCUT2D eigenvalue weighted by Crippen LogP contribution is -2.18.